The first-order chi connectivity index (χ1) is 15.5. The molecule has 2 heterocycles. The molecule has 1 saturated carbocycles. The van der Waals surface area contributed by atoms with Gasteiger partial charge in [-0.15, -0.1) is 0 Å². The van der Waals surface area contributed by atoms with Gasteiger partial charge < -0.3 is 19.9 Å². The van der Waals surface area contributed by atoms with Crippen LogP contribution >= 0.6 is 15.9 Å². The van der Waals surface area contributed by atoms with Gasteiger partial charge in [0, 0.05) is 29.6 Å². The first-order valence-corrected chi connectivity index (χ1v) is 13.5. The Labute approximate surface area is 202 Å². The smallest absolute Gasteiger partial charge is 0.317 e. The van der Waals surface area contributed by atoms with Crippen LogP contribution in [0.3, 0.4) is 0 Å². The van der Waals surface area contributed by atoms with E-state index < -0.39 is 0 Å². The molecule has 1 aliphatic carbocycles. The van der Waals surface area contributed by atoms with Crippen LogP contribution in [-0.4, -0.2) is 60.2 Å². The van der Waals surface area contributed by atoms with E-state index in [9.17, 15) is 4.79 Å². The molecule has 3 aliphatic rings. The Morgan fingerprint density at radius 2 is 1.81 bits per heavy atom. The number of nitrogens with one attached hydrogen (secondary N) is 1. The summed E-state index contributed by atoms with van der Waals surface area (Å²) in [6.45, 7) is 8.32. The second-order valence-electron chi connectivity index (χ2n) is 10.3. The van der Waals surface area contributed by atoms with Gasteiger partial charge in [-0.2, -0.15) is 0 Å². The highest BCUT2D eigenvalue weighted by Crippen LogP contribution is 2.30. The maximum Gasteiger partial charge on any atom is 0.317 e. The maximum atomic E-state index is 12.7. The van der Waals surface area contributed by atoms with Crippen LogP contribution in [0.25, 0.3) is 0 Å². The van der Waals surface area contributed by atoms with Gasteiger partial charge in [-0.05, 0) is 95.1 Å². The number of urea groups is 1. The maximum absolute atomic E-state index is 12.7. The van der Waals surface area contributed by atoms with Gasteiger partial charge in [-0.3, -0.25) is 0 Å². The number of hydrogen-bond donors (Lipinski definition) is 1. The second kappa shape index (κ2) is 11.2. The molecule has 0 aromatic heterocycles. The molecular weight excluding hydrogens is 466 g/mol. The third-order valence-electron chi connectivity index (χ3n) is 7.41. The van der Waals surface area contributed by atoms with E-state index in [0.717, 1.165) is 44.8 Å². The van der Waals surface area contributed by atoms with Crippen molar-refractivity contribution in [3.8, 4) is 5.75 Å². The van der Waals surface area contributed by atoms with Gasteiger partial charge in [0.25, 0.3) is 0 Å². The van der Waals surface area contributed by atoms with E-state index in [1.807, 2.05) is 6.07 Å². The van der Waals surface area contributed by atoms with E-state index in [1.54, 1.807) is 0 Å². The van der Waals surface area contributed by atoms with Gasteiger partial charge >= 0.3 is 6.03 Å². The second-order valence-corrected chi connectivity index (χ2v) is 11.1. The normalized spacial score (nSPS) is 24.1. The number of piperidine rings is 1. The lowest BCUT2D eigenvalue weighted by atomic mass is 9.89. The molecule has 1 unspecified atom stereocenters. The molecule has 6 heteroatoms. The molecule has 2 amide bonds. The van der Waals surface area contributed by atoms with Crippen molar-refractivity contribution >= 4 is 22.0 Å². The van der Waals surface area contributed by atoms with Crippen molar-refractivity contribution in [3.05, 3.63) is 28.2 Å². The molecule has 3 fully saturated rings. The van der Waals surface area contributed by atoms with Crippen molar-refractivity contribution in [3.63, 3.8) is 0 Å². The lowest BCUT2D eigenvalue weighted by Gasteiger charge is -2.41. The first-order valence-electron chi connectivity index (χ1n) is 12.7. The highest BCUT2D eigenvalue weighted by Gasteiger charge is 2.32. The van der Waals surface area contributed by atoms with Gasteiger partial charge in [-0.1, -0.05) is 35.2 Å². The first kappa shape index (κ1) is 23.9. The Hall–Kier alpha value is -1.27. The minimum Gasteiger partial charge on any atom is -0.491 e. The molecule has 0 spiro atoms. The molecule has 1 aromatic carbocycles. The number of carbonyl (C=O) groups excluding carboxylic acids is 1. The lowest BCUT2D eigenvalue weighted by Crippen LogP contribution is -2.58. The third kappa shape index (κ3) is 6.40. The third-order valence-corrected chi connectivity index (χ3v) is 8.18. The molecule has 2 aliphatic heterocycles. The van der Waals surface area contributed by atoms with E-state index in [2.05, 4.69) is 57.0 Å². The summed E-state index contributed by atoms with van der Waals surface area (Å²) in [7, 11) is 0. The standard InChI is InChI=1S/C26H40BrN3O2/c1-19(2)32-24-8-9-25(27)21(17-24)16-20-10-13-29(14-11-20)18-22-12-15-30(26(31)28-22)23-6-4-3-5-7-23/h8-9,17,19-20,22-23H,3-7,10-16,18H2,1-2H3,(H,28,31). The largest absolute Gasteiger partial charge is 0.491 e. The number of ether oxygens (including phenoxy) is 1. The van der Waals surface area contributed by atoms with Crippen LogP contribution in [0.5, 0.6) is 5.75 Å². The van der Waals surface area contributed by atoms with Crippen LogP contribution in [-0.2, 0) is 6.42 Å². The van der Waals surface area contributed by atoms with E-state index >= 15 is 0 Å². The summed E-state index contributed by atoms with van der Waals surface area (Å²) < 4.78 is 7.07. The summed E-state index contributed by atoms with van der Waals surface area (Å²) in [4.78, 5) is 17.4. The molecule has 1 aromatic rings. The van der Waals surface area contributed by atoms with Crippen molar-refractivity contribution < 1.29 is 9.53 Å². The van der Waals surface area contributed by atoms with Crippen LogP contribution in [0.1, 0.15) is 70.8 Å². The predicted octanol–water partition coefficient (Wildman–Crippen LogP) is 5.61. The number of likely N-dealkylation sites (tertiary alicyclic amines) is 1. The molecule has 1 atom stereocenters. The summed E-state index contributed by atoms with van der Waals surface area (Å²) in [5.41, 5.74) is 1.35. The topological polar surface area (TPSA) is 44.8 Å². The van der Waals surface area contributed by atoms with Crippen molar-refractivity contribution in [2.24, 2.45) is 5.92 Å². The Balaban J connectivity index is 1.21. The molecule has 32 heavy (non-hydrogen) atoms. The molecular formula is C26H40BrN3O2. The Kier molecular flexibility index (Phi) is 8.38. The van der Waals surface area contributed by atoms with Crippen LogP contribution in [0, 0.1) is 5.92 Å². The number of rotatable bonds is 7. The average Bonchev–Trinajstić information content (AvgIpc) is 2.78. The number of carbonyl (C=O) groups is 1. The predicted molar refractivity (Wildman–Crippen MR) is 133 cm³/mol. The van der Waals surface area contributed by atoms with E-state index in [0.29, 0.717) is 18.0 Å². The lowest BCUT2D eigenvalue weighted by molar-refractivity contribution is 0.113. The Morgan fingerprint density at radius 1 is 1.06 bits per heavy atom. The zero-order chi connectivity index (χ0) is 22.5. The van der Waals surface area contributed by atoms with Crippen molar-refractivity contribution in [1.29, 1.82) is 0 Å². The molecule has 5 nitrogen and oxygen atoms in total. The summed E-state index contributed by atoms with van der Waals surface area (Å²) in [5.74, 6) is 1.67. The summed E-state index contributed by atoms with van der Waals surface area (Å²) in [6, 6.07) is 7.32. The number of hydrogen-bond acceptors (Lipinski definition) is 3. The van der Waals surface area contributed by atoms with E-state index in [4.69, 9.17) is 4.74 Å². The van der Waals surface area contributed by atoms with Gasteiger partial charge in [0.15, 0.2) is 0 Å². The van der Waals surface area contributed by atoms with Gasteiger partial charge in [0.05, 0.1) is 6.10 Å². The molecule has 1 N–H and O–H groups in total. The van der Waals surface area contributed by atoms with Crippen molar-refractivity contribution in [2.45, 2.75) is 89.8 Å². The van der Waals surface area contributed by atoms with Crippen molar-refractivity contribution in [2.75, 3.05) is 26.2 Å². The fourth-order valence-electron chi connectivity index (χ4n) is 5.65. The van der Waals surface area contributed by atoms with Gasteiger partial charge in [-0.25, -0.2) is 4.79 Å². The summed E-state index contributed by atoms with van der Waals surface area (Å²) >= 11 is 3.73. The van der Waals surface area contributed by atoms with Crippen molar-refractivity contribution in [1.82, 2.24) is 15.1 Å². The molecule has 0 bridgehead atoms. The SMILES string of the molecule is CC(C)Oc1ccc(Br)c(CC2CCN(CC3CCN(C4CCCCC4)C(=O)N3)CC2)c1. The van der Waals surface area contributed by atoms with Crippen LogP contribution in [0.4, 0.5) is 4.79 Å². The summed E-state index contributed by atoms with van der Waals surface area (Å²) in [6.07, 6.45) is 11.1. The number of halogens is 1. The molecule has 4 rings (SSSR count). The Morgan fingerprint density at radius 3 is 2.50 bits per heavy atom. The highest BCUT2D eigenvalue weighted by atomic mass is 79.9. The van der Waals surface area contributed by atoms with Crippen LogP contribution < -0.4 is 10.1 Å². The Bertz CT molecular complexity index is 757. The van der Waals surface area contributed by atoms with Gasteiger partial charge in [0.1, 0.15) is 5.75 Å². The molecule has 2 saturated heterocycles. The number of benzene rings is 1. The van der Waals surface area contributed by atoms with Crippen LogP contribution in [0.2, 0.25) is 0 Å². The van der Waals surface area contributed by atoms with E-state index in [-0.39, 0.29) is 12.1 Å². The molecule has 178 valence electrons. The zero-order valence-electron chi connectivity index (χ0n) is 19.8. The average molecular weight is 507 g/mol. The highest BCUT2D eigenvalue weighted by molar-refractivity contribution is 9.10. The molecule has 0 radical (unpaired) electrons. The van der Waals surface area contributed by atoms with Gasteiger partial charge in [0.2, 0.25) is 0 Å². The fraction of sp³-hybridized carbons (Fsp3) is 0.731. The number of nitrogens with zero attached hydrogens (tertiary/aromatic N) is 2. The van der Waals surface area contributed by atoms with Crippen LogP contribution in [0.15, 0.2) is 22.7 Å². The minimum absolute atomic E-state index is 0.177. The number of amides is 2. The zero-order valence-corrected chi connectivity index (χ0v) is 21.4. The summed E-state index contributed by atoms with van der Waals surface area (Å²) in [5, 5.41) is 3.32. The fourth-order valence-corrected chi connectivity index (χ4v) is 6.06. The monoisotopic (exact) mass is 505 g/mol. The van der Waals surface area contributed by atoms with E-state index in [1.165, 1.54) is 55.0 Å². The minimum atomic E-state index is 0.177. The quantitative estimate of drug-likeness (QED) is 0.523.